The lowest BCUT2D eigenvalue weighted by Crippen LogP contribution is -2.30. The minimum absolute atomic E-state index is 0.241. The van der Waals surface area contributed by atoms with Crippen LogP contribution in [0.5, 0.6) is 0 Å². The SMILES string of the molecule is CCc1ccsc1CNCC(C)N. The van der Waals surface area contributed by atoms with Crippen LogP contribution in [0.15, 0.2) is 11.4 Å². The van der Waals surface area contributed by atoms with Crippen molar-refractivity contribution in [2.24, 2.45) is 5.73 Å². The van der Waals surface area contributed by atoms with Gasteiger partial charge in [0.15, 0.2) is 0 Å². The van der Waals surface area contributed by atoms with E-state index in [4.69, 9.17) is 5.73 Å². The van der Waals surface area contributed by atoms with Gasteiger partial charge in [0.1, 0.15) is 0 Å². The van der Waals surface area contributed by atoms with Crippen molar-refractivity contribution in [2.75, 3.05) is 6.54 Å². The third kappa shape index (κ3) is 3.46. The topological polar surface area (TPSA) is 38.0 Å². The molecule has 1 unspecified atom stereocenters. The Balaban J connectivity index is 2.36. The van der Waals surface area contributed by atoms with E-state index in [9.17, 15) is 0 Å². The first-order valence-electron chi connectivity index (χ1n) is 4.75. The van der Waals surface area contributed by atoms with Crippen molar-refractivity contribution >= 4 is 11.3 Å². The van der Waals surface area contributed by atoms with Crippen LogP contribution in [-0.4, -0.2) is 12.6 Å². The lowest BCUT2D eigenvalue weighted by atomic mass is 10.2. The van der Waals surface area contributed by atoms with Gasteiger partial charge in [-0.05, 0) is 30.4 Å². The number of hydrogen-bond acceptors (Lipinski definition) is 3. The molecule has 74 valence electrons. The molecule has 0 spiro atoms. The van der Waals surface area contributed by atoms with Gasteiger partial charge >= 0.3 is 0 Å². The van der Waals surface area contributed by atoms with Crippen LogP contribution in [0.25, 0.3) is 0 Å². The smallest absolute Gasteiger partial charge is 0.0303 e. The molecule has 0 aromatic carbocycles. The van der Waals surface area contributed by atoms with Crippen LogP contribution in [0.1, 0.15) is 24.3 Å². The van der Waals surface area contributed by atoms with E-state index in [1.807, 2.05) is 18.3 Å². The highest BCUT2D eigenvalue weighted by molar-refractivity contribution is 7.10. The Kier molecular flexibility index (Phi) is 4.42. The molecule has 0 amide bonds. The lowest BCUT2D eigenvalue weighted by molar-refractivity contribution is 0.610. The predicted octanol–water partition coefficient (Wildman–Crippen LogP) is 1.75. The molecule has 0 fully saturated rings. The van der Waals surface area contributed by atoms with Crippen molar-refractivity contribution in [3.63, 3.8) is 0 Å². The number of aryl methyl sites for hydroxylation is 1. The van der Waals surface area contributed by atoms with Gasteiger partial charge in [0.2, 0.25) is 0 Å². The summed E-state index contributed by atoms with van der Waals surface area (Å²) in [6, 6.07) is 2.44. The zero-order chi connectivity index (χ0) is 9.68. The maximum Gasteiger partial charge on any atom is 0.0303 e. The van der Waals surface area contributed by atoms with Gasteiger partial charge in [-0.25, -0.2) is 0 Å². The molecule has 0 saturated heterocycles. The molecule has 13 heavy (non-hydrogen) atoms. The van der Waals surface area contributed by atoms with E-state index in [2.05, 4.69) is 23.7 Å². The number of rotatable bonds is 5. The van der Waals surface area contributed by atoms with Crippen LogP contribution in [-0.2, 0) is 13.0 Å². The molecule has 1 rings (SSSR count). The zero-order valence-electron chi connectivity index (χ0n) is 8.34. The molecular formula is C10H18N2S. The second kappa shape index (κ2) is 5.37. The standard InChI is InChI=1S/C10H18N2S/c1-3-9-4-5-13-10(9)7-12-6-8(2)11/h4-5,8,12H,3,6-7,11H2,1-2H3. The normalized spacial score (nSPS) is 13.2. The zero-order valence-corrected chi connectivity index (χ0v) is 9.16. The summed E-state index contributed by atoms with van der Waals surface area (Å²) in [5, 5.41) is 5.50. The molecule has 0 aliphatic heterocycles. The third-order valence-corrected chi connectivity index (χ3v) is 2.93. The first-order valence-corrected chi connectivity index (χ1v) is 5.63. The summed E-state index contributed by atoms with van der Waals surface area (Å²) in [5.74, 6) is 0. The Hall–Kier alpha value is -0.380. The molecule has 0 aliphatic rings. The van der Waals surface area contributed by atoms with E-state index in [1.54, 1.807) is 0 Å². The molecule has 1 aromatic rings. The molecule has 0 aliphatic carbocycles. The van der Waals surface area contributed by atoms with Gasteiger partial charge in [0.05, 0.1) is 0 Å². The van der Waals surface area contributed by atoms with Gasteiger partial charge in [-0.1, -0.05) is 6.92 Å². The molecule has 1 aromatic heterocycles. The quantitative estimate of drug-likeness (QED) is 0.756. The Labute approximate surface area is 84.2 Å². The van der Waals surface area contributed by atoms with Crippen LogP contribution in [0.4, 0.5) is 0 Å². The molecule has 1 atom stereocenters. The van der Waals surface area contributed by atoms with Crippen LogP contribution in [0.3, 0.4) is 0 Å². The summed E-state index contributed by atoms with van der Waals surface area (Å²) < 4.78 is 0. The van der Waals surface area contributed by atoms with Crippen molar-refractivity contribution in [1.29, 1.82) is 0 Å². The van der Waals surface area contributed by atoms with Crippen LogP contribution in [0.2, 0.25) is 0 Å². The van der Waals surface area contributed by atoms with Crippen molar-refractivity contribution in [2.45, 2.75) is 32.9 Å². The summed E-state index contributed by atoms with van der Waals surface area (Å²) in [4.78, 5) is 1.45. The Morgan fingerprint density at radius 3 is 3.00 bits per heavy atom. The Morgan fingerprint density at radius 2 is 2.38 bits per heavy atom. The van der Waals surface area contributed by atoms with E-state index in [0.717, 1.165) is 19.5 Å². The van der Waals surface area contributed by atoms with E-state index >= 15 is 0 Å². The van der Waals surface area contributed by atoms with Gasteiger partial charge < -0.3 is 11.1 Å². The second-order valence-electron chi connectivity index (χ2n) is 3.33. The maximum absolute atomic E-state index is 5.64. The fourth-order valence-corrected chi connectivity index (χ4v) is 2.20. The Bertz CT molecular complexity index is 243. The number of hydrogen-bond donors (Lipinski definition) is 2. The van der Waals surface area contributed by atoms with E-state index < -0.39 is 0 Å². The highest BCUT2D eigenvalue weighted by Gasteiger charge is 2.01. The van der Waals surface area contributed by atoms with E-state index in [1.165, 1.54) is 10.4 Å². The maximum atomic E-state index is 5.64. The van der Waals surface area contributed by atoms with E-state index in [-0.39, 0.29) is 6.04 Å². The average Bonchev–Trinajstić information content (AvgIpc) is 2.51. The molecule has 0 radical (unpaired) electrons. The number of thiophene rings is 1. The summed E-state index contributed by atoms with van der Waals surface area (Å²) in [6.45, 7) is 6.06. The highest BCUT2D eigenvalue weighted by atomic mass is 32.1. The molecule has 1 heterocycles. The fourth-order valence-electron chi connectivity index (χ4n) is 1.25. The molecule has 0 bridgehead atoms. The molecular weight excluding hydrogens is 180 g/mol. The van der Waals surface area contributed by atoms with Gasteiger partial charge in [0, 0.05) is 24.0 Å². The monoisotopic (exact) mass is 198 g/mol. The largest absolute Gasteiger partial charge is 0.327 e. The van der Waals surface area contributed by atoms with Crippen molar-refractivity contribution in [3.05, 3.63) is 21.9 Å². The van der Waals surface area contributed by atoms with E-state index in [0.29, 0.717) is 0 Å². The summed E-state index contributed by atoms with van der Waals surface area (Å²) >= 11 is 1.82. The predicted molar refractivity (Wildman–Crippen MR) is 59.1 cm³/mol. The first-order chi connectivity index (χ1) is 6.24. The summed E-state index contributed by atoms with van der Waals surface area (Å²) in [6.07, 6.45) is 1.12. The number of nitrogens with two attached hydrogens (primary N) is 1. The molecule has 3 heteroatoms. The minimum atomic E-state index is 0.241. The van der Waals surface area contributed by atoms with Gasteiger partial charge in [-0.2, -0.15) is 0 Å². The van der Waals surface area contributed by atoms with Gasteiger partial charge in [-0.3, -0.25) is 0 Å². The lowest BCUT2D eigenvalue weighted by Gasteiger charge is -2.07. The highest BCUT2D eigenvalue weighted by Crippen LogP contribution is 2.16. The first kappa shape index (κ1) is 10.7. The van der Waals surface area contributed by atoms with Crippen molar-refractivity contribution in [3.8, 4) is 0 Å². The van der Waals surface area contributed by atoms with Crippen LogP contribution in [0, 0.1) is 0 Å². The fraction of sp³-hybridized carbons (Fsp3) is 0.600. The third-order valence-electron chi connectivity index (χ3n) is 1.97. The molecule has 2 nitrogen and oxygen atoms in total. The summed E-state index contributed by atoms with van der Waals surface area (Å²) in [7, 11) is 0. The van der Waals surface area contributed by atoms with Crippen molar-refractivity contribution < 1.29 is 0 Å². The van der Waals surface area contributed by atoms with Gasteiger partial charge in [0.25, 0.3) is 0 Å². The average molecular weight is 198 g/mol. The molecule has 3 N–H and O–H groups in total. The van der Waals surface area contributed by atoms with Crippen LogP contribution < -0.4 is 11.1 Å². The summed E-state index contributed by atoms with van der Waals surface area (Å²) in [5.41, 5.74) is 7.10. The second-order valence-corrected chi connectivity index (χ2v) is 4.33. The number of nitrogens with one attached hydrogen (secondary N) is 1. The molecule has 0 saturated carbocycles. The van der Waals surface area contributed by atoms with Crippen molar-refractivity contribution in [1.82, 2.24) is 5.32 Å². The minimum Gasteiger partial charge on any atom is -0.327 e. The van der Waals surface area contributed by atoms with Gasteiger partial charge in [-0.15, -0.1) is 11.3 Å². The Morgan fingerprint density at radius 1 is 1.62 bits per heavy atom. The van der Waals surface area contributed by atoms with Crippen LogP contribution >= 0.6 is 11.3 Å².